The summed E-state index contributed by atoms with van der Waals surface area (Å²) >= 11 is 0. The molecule has 3 N–H and O–H groups in total. The molecule has 3 heteroatoms. The van der Waals surface area contributed by atoms with E-state index in [1.165, 1.54) is 19.3 Å². The second kappa shape index (κ2) is 3.80. The van der Waals surface area contributed by atoms with Crippen LogP contribution < -0.4 is 11.1 Å². The zero-order chi connectivity index (χ0) is 10.2. The molecule has 2 fully saturated rings. The zero-order valence-electron chi connectivity index (χ0n) is 9.42. The first kappa shape index (κ1) is 10.4. The molecule has 2 aliphatic rings. The molecule has 2 atom stereocenters. The molecule has 2 rings (SSSR count). The molecule has 1 heterocycles. The average Bonchev–Trinajstić information content (AvgIpc) is 2.54. The molecule has 1 aliphatic carbocycles. The van der Waals surface area contributed by atoms with E-state index in [1.54, 1.807) is 0 Å². The van der Waals surface area contributed by atoms with E-state index in [2.05, 4.69) is 24.1 Å². The molecule has 1 saturated carbocycles. The number of nitrogens with zero attached hydrogens (tertiary/aromatic N) is 1. The number of nitrogens with two attached hydrogens (primary N) is 1. The van der Waals surface area contributed by atoms with E-state index in [4.69, 9.17) is 5.73 Å². The maximum Gasteiger partial charge on any atom is 0.0281 e. The van der Waals surface area contributed by atoms with Crippen molar-refractivity contribution in [3.05, 3.63) is 0 Å². The normalized spacial score (nSPS) is 37.1. The summed E-state index contributed by atoms with van der Waals surface area (Å²) in [6.07, 6.45) is 4.02. The Labute approximate surface area is 87.0 Å². The molecular weight excluding hydrogens is 174 g/mol. The molecular formula is C11H23N3. The van der Waals surface area contributed by atoms with Crippen LogP contribution in [-0.4, -0.2) is 42.2 Å². The summed E-state index contributed by atoms with van der Waals surface area (Å²) in [5, 5.41) is 3.67. The minimum Gasteiger partial charge on any atom is -0.329 e. The number of rotatable bonds is 2. The first-order chi connectivity index (χ1) is 6.63. The Balaban J connectivity index is 2.13. The van der Waals surface area contributed by atoms with E-state index in [0.29, 0.717) is 0 Å². The third kappa shape index (κ3) is 1.81. The maximum absolute atomic E-state index is 5.70. The van der Waals surface area contributed by atoms with Gasteiger partial charge in [-0.15, -0.1) is 0 Å². The van der Waals surface area contributed by atoms with E-state index in [0.717, 1.165) is 31.7 Å². The molecule has 0 aromatic rings. The summed E-state index contributed by atoms with van der Waals surface area (Å²) in [4.78, 5) is 2.62. The Bertz CT molecular complexity index is 203. The molecule has 1 saturated heterocycles. The smallest absolute Gasteiger partial charge is 0.0281 e. The van der Waals surface area contributed by atoms with E-state index in [9.17, 15) is 0 Å². The van der Waals surface area contributed by atoms with Gasteiger partial charge in [-0.05, 0) is 33.1 Å². The second-order valence-corrected chi connectivity index (χ2v) is 5.34. The van der Waals surface area contributed by atoms with Gasteiger partial charge in [0.05, 0.1) is 0 Å². The lowest BCUT2D eigenvalue weighted by Gasteiger charge is -2.41. The number of nitrogens with one attached hydrogen (secondary N) is 1. The van der Waals surface area contributed by atoms with Crippen LogP contribution in [0.2, 0.25) is 0 Å². The van der Waals surface area contributed by atoms with Gasteiger partial charge in [0.15, 0.2) is 0 Å². The van der Waals surface area contributed by atoms with Crippen molar-refractivity contribution in [1.29, 1.82) is 0 Å². The molecule has 0 amide bonds. The summed E-state index contributed by atoms with van der Waals surface area (Å²) in [6.45, 7) is 7.59. The predicted molar refractivity (Wildman–Crippen MR) is 59.3 cm³/mol. The predicted octanol–water partition coefficient (Wildman–Crippen LogP) is 0.550. The van der Waals surface area contributed by atoms with Crippen LogP contribution in [0.15, 0.2) is 0 Å². The molecule has 0 aromatic carbocycles. The lowest BCUT2D eigenvalue weighted by molar-refractivity contribution is 0.0826. The van der Waals surface area contributed by atoms with Crippen molar-refractivity contribution in [3.8, 4) is 0 Å². The molecule has 0 radical (unpaired) electrons. The standard InChI is InChI=1S/C11H23N3/c1-11(2)8-13-9-3-4-10(7-9)14(11)6-5-12/h9-10,13H,3-8,12H2,1-2H3. The average molecular weight is 197 g/mol. The highest BCUT2D eigenvalue weighted by Gasteiger charge is 2.39. The first-order valence-corrected chi connectivity index (χ1v) is 5.84. The second-order valence-electron chi connectivity index (χ2n) is 5.34. The number of hydrogen-bond donors (Lipinski definition) is 2. The molecule has 2 unspecified atom stereocenters. The molecule has 1 aliphatic heterocycles. The Morgan fingerprint density at radius 1 is 1.43 bits per heavy atom. The van der Waals surface area contributed by atoms with Gasteiger partial charge in [0, 0.05) is 37.3 Å². The van der Waals surface area contributed by atoms with E-state index in [-0.39, 0.29) is 5.54 Å². The van der Waals surface area contributed by atoms with Gasteiger partial charge >= 0.3 is 0 Å². The van der Waals surface area contributed by atoms with Crippen molar-refractivity contribution >= 4 is 0 Å². The summed E-state index contributed by atoms with van der Waals surface area (Å²) in [6, 6.07) is 1.54. The Morgan fingerprint density at radius 2 is 2.21 bits per heavy atom. The lowest BCUT2D eigenvalue weighted by Crippen LogP contribution is -2.54. The van der Waals surface area contributed by atoms with Crippen LogP contribution in [0.1, 0.15) is 33.1 Å². The third-order valence-corrected chi connectivity index (χ3v) is 3.82. The zero-order valence-corrected chi connectivity index (χ0v) is 9.42. The van der Waals surface area contributed by atoms with E-state index >= 15 is 0 Å². The van der Waals surface area contributed by atoms with Gasteiger partial charge in [0.1, 0.15) is 0 Å². The van der Waals surface area contributed by atoms with Crippen molar-refractivity contribution in [2.45, 2.75) is 50.7 Å². The highest BCUT2D eigenvalue weighted by molar-refractivity contribution is 4.98. The van der Waals surface area contributed by atoms with Crippen LogP contribution in [-0.2, 0) is 0 Å². The van der Waals surface area contributed by atoms with Gasteiger partial charge in [-0.1, -0.05) is 0 Å². The van der Waals surface area contributed by atoms with Crippen LogP contribution in [0, 0.1) is 0 Å². The van der Waals surface area contributed by atoms with Crippen LogP contribution in [0.3, 0.4) is 0 Å². The van der Waals surface area contributed by atoms with Gasteiger partial charge in [-0.3, -0.25) is 4.90 Å². The monoisotopic (exact) mass is 197 g/mol. The fraction of sp³-hybridized carbons (Fsp3) is 1.00. The molecule has 82 valence electrons. The fourth-order valence-corrected chi connectivity index (χ4v) is 3.04. The Hall–Kier alpha value is -0.120. The number of hydrogen-bond acceptors (Lipinski definition) is 3. The van der Waals surface area contributed by atoms with E-state index in [1.807, 2.05) is 0 Å². The first-order valence-electron chi connectivity index (χ1n) is 5.84. The number of fused-ring (bicyclic) bond motifs is 2. The van der Waals surface area contributed by atoms with Gasteiger partial charge < -0.3 is 11.1 Å². The Kier molecular flexibility index (Phi) is 2.82. The highest BCUT2D eigenvalue weighted by Crippen LogP contribution is 2.32. The van der Waals surface area contributed by atoms with Crippen LogP contribution in [0.4, 0.5) is 0 Å². The van der Waals surface area contributed by atoms with Crippen molar-refractivity contribution < 1.29 is 0 Å². The molecule has 14 heavy (non-hydrogen) atoms. The summed E-state index contributed by atoms with van der Waals surface area (Å²) in [5.41, 5.74) is 5.98. The van der Waals surface area contributed by atoms with Gasteiger partial charge in [-0.2, -0.15) is 0 Å². The highest BCUT2D eigenvalue weighted by atomic mass is 15.3. The molecule has 0 aromatic heterocycles. The summed E-state index contributed by atoms with van der Waals surface area (Å²) in [7, 11) is 0. The minimum atomic E-state index is 0.277. The topological polar surface area (TPSA) is 41.3 Å². The molecule has 2 bridgehead atoms. The summed E-state index contributed by atoms with van der Waals surface area (Å²) < 4.78 is 0. The van der Waals surface area contributed by atoms with Crippen molar-refractivity contribution in [3.63, 3.8) is 0 Å². The van der Waals surface area contributed by atoms with Crippen molar-refractivity contribution in [2.75, 3.05) is 19.6 Å². The fourth-order valence-electron chi connectivity index (χ4n) is 3.04. The van der Waals surface area contributed by atoms with Crippen molar-refractivity contribution in [1.82, 2.24) is 10.2 Å². The van der Waals surface area contributed by atoms with Crippen LogP contribution in [0.25, 0.3) is 0 Å². The van der Waals surface area contributed by atoms with Crippen LogP contribution in [0.5, 0.6) is 0 Å². The molecule has 0 spiro atoms. The molecule has 3 nitrogen and oxygen atoms in total. The SMILES string of the molecule is CC1(C)CNC2CCC(C2)N1CCN. The van der Waals surface area contributed by atoms with Gasteiger partial charge in [-0.25, -0.2) is 0 Å². The maximum atomic E-state index is 5.70. The minimum absolute atomic E-state index is 0.277. The van der Waals surface area contributed by atoms with Crippen LogP contribution >= 0.6 is 0 Å². The van der Waals surface area contributed by atoms with Gasteiger partial charge in [0.2, 0.25) is 0 Å². The van der Waals surface area contributed by atoms with Crippen molar-refractivity contribution in [2.24, 2.45) is 5.73 Å². The quantitative estimate of drug-likeness (QED) is 0.679. The lowest BCUT2D eigenvalue weighted by atomic mass is 9.99. The van der Waals surface area contributed by atoms with Gasteiger partial charge in [0.25, 0.3) is 0 Å². The Morgan fingerprint density at radius 3 is 2.93 bits per heavy atom. The summed E-state index contributed by atoms with van der Waals surface area (Å²) in [5.74, 6) is 0. The van der Waals surface area contributed by atoms with E-state index < -0.39 is 0 Å². The third-order valence-electron chi connectivity index (χ3n) is 3.82. The largest absolute Gasteiger partial charge is 0.329 e.